The second-order valence-electron chi connectivity index (χ2n) is 6.42. The zero-order chi connectivity index (χ0) is 18.8. The van der Waals surface area contributed by atoms with Crippen LogP contribution >= 0.6 is 0 Å². The van der Waals surface area contributed by atoms with Gasteiger partial charge in [0.05, 0.1) is 14.2 Å². The van der Waals surface area contributed by atoms with Crippen molar-refractivity contribution in [1.29, 1.82) is 0 Å². The molecule has 6 nitrogen and oxygen atoms in total. The molecule has 2 heterocycles. The second-order valence-corrected chi connectivity index (χ2v) is 6.42. The van der Waals surface area contributed by atoms with E-state index in [1.807, 2.05) is 31.2 Å². The molecule has 27 heavy (non-hydrogen) atoms. The predicted octanol–water partition coefficient (Wildman–Crippen LogP) is 4.24. The number of rotatable bonds is 5. The minimum atomic E-state index is 0.668. The Hall–Kier alpha value is -3.28. The van der Waals surface area contributed by atoms with Crippen molar-refractivity contribution in [2.24, 2.45) is 0 Å². The number of anilines is 4. The van der Waals surface area contributed by atoms with E-state index < -0.39 is 0 Å². The summed E-state index contributed by atoms with van der Waals surface area (Å²) in [4.78, 5) is 11.6. The van der Waals surface area contributed by atoms with Crippen LogP contribution in [0.2, 0.25) is 0 Å². The first-order chi connectivity index (χ1) is 13.2. The first-order valence-corrected chi connectivity index (χ1v) is 8.88. The van der Waals surface area contributed by atoms with Crippen molar-refractivity contribution in [3.8, 4) is 11.5 Å². The number of ether oxygens (including phenoxy) is 2. The van der Waals surface area contributed by atoms with Crippen LogP contribution in [-0.4, -0.2) is 30.7 Å². The monoisotopic (exact) mass is 362 g/mol. The second kappa shape index (κ2) is 7.15. The van der Waals surface area contributed by atoms with Crippen LogP contribution < -0.4 is 19.7 Å². The van der Waals surface area contributed by atoms with Gasteiger partial charge in [-0.2, -0.15) is 4.98 Å². The molecule has 0 amide bonds. The Morgan fingerprint density at radius 1 is 0.963 bits per heavy atom. The number of aromatic nitrogens is 2. The topological polar surface area (TPSA) is 59.5 Å². The quantitative estimate of drug-likeness (QED) is 0.733. The fraction of sp³-hybridized carbons (Fsp3) is 0.238. The summed E-state index contributed by atoms with van der Waals surface area (Å²) in [7, 11) is 3.25. The molecule has 0 saturated carbocycles. The summed E-state index contributed by atoms with van der Waals surface area (Å²) < 4.78 is 10.7. The van der Waals surface area contributed by atoms with Gasteiger partial charge in [-0.3, -0.25) is 0 Å². The number of aryl methyl sites for hydroxylation is 1. The smallest absolute Gasteiger partial charge is 0.232 e. The van der Waals surface area contributed by atoms with Crippen LogP contribution in [0.4, 0.5) is 23.1 Å². The molecule has 2 aromatic carbocycles. The first kappa shape index (κ1) is 17.1. The van der Waals surface area contributed by atoms with Crippen molar-refractivity contribution >= 4 is 23.1 Å². The molecule has 138 valence electrons. The van der Waals surface area contributed by atoms with E-state index in [2.05, 4.69) is 39.5 Å². The van der Waals surface area contributed by atoms with E-state index in [1.165, 1.54) is 11.3 Å². The third-order valence-corrected chi connectivity index (χ3v) is 4.63. The van der Waals surface area contributed by atoms with Crippen LogP contribution in [0.15, 0.2) is 48.5 Å². The summed E-state index contributed by atoms with van der Waals surface area (Å²) in [6.45, 7) is 2.87. The number of fused-ring (bicyclic) bond motifs is 1. The highest BCUT2D eigenvalue weighted by atomic mass is 16.5. The normalized spacial score (nSPS) is 12.6. The lowest BCUT2D eigenvalue weighted by Gasteiger charge is -2.19. The molecule has 0 unspecified atom stereocenters. The van der Waals surface area contributed by atoms with E-state index in [9.17, 15) is 0 Å². The number of nitrogens with one attached hydrogen (secondary N) is 1. The molecule has 1 aliphatic heterocycles. The summed E-state index contributed by atoms with van der Waals surface area (Å²) in [5.74, 6) is 2.82. The van der Waals surface area contributed by atoms with E-state index in [0.29, 0.717) is 17.4 Å². The Kier molecular flexibility index (Phi) is 4.54. The van der Waals surface area contributed by atoms with Crippen LogP contribution in [0.25, 0.3) is 0 Å². The van der Waals surface area contributed by atoms with Gasteiger partial charge in [0.1, 0.15) is 5.82 Å². The molecular formula is C21H22N4O2. The first-order valence-electron chi connectivity index (χ1n) is 8.88. The molecule has 6 heteroatoms. The predicted molar refractivity (Wildman–Crippen MR) is 107 cm³/mol. The van der Waals surface area contributed by atoms with Gasteiger partial charge in [0.15, 0.2) is 11.5 Å². The maximum atomic E-state index is 5.38. The van der Waals surface area contributed by atoms with Crippen LogP contribution in [0.1, 0.15) is 11.3 Å². The minimum absolute atomic E-state index is 0.668. The van der Waals surface area contributed by atoms with E-state index in [1.54, 1.807) is 14.2 Å². The van der Waals surface area contributed by atoms with E-state index in [0.717, 1.165) is 30.2 Å². The molecule has 1 aliphatic rings. The third kappa shape index (κ3) is 3.38. The highest BCUT2D eigenvalue weighted by molar-refractivity contribution is 5.68. The third-order valence-electron chi connectivity index (χ3n) is 4.63. The lowest BCUT2D eigenvalue weighted by Crippen LogP contribution is -2.17. The summed E-state index contributed by atoms with van der Waals surface area (Å²) in [5.41, 5.74) is 4.29. The van der Waals surface area contributed by atoms with Gasteiger partial charge in [-0.25, -0.2) is 4.98 Å². The van der Waals surface area contributed by atoms with Crippen LogP contribution in [0.3, 0.4) is 0 Å². The number of hydrogen-bond donors (Lipinski definition) is 1. The number of hydrogen-bond acceptors (Lipinski definition) is 6. The van der Waals surface area contributed by atoms with Gasteiger partial charge in [0, 0.05) is 35.7 Å². The highest BCUT2D eigenvalue weighted by Crippen LogP contribution is 2.34. The number of para-hydroxylation sites is 1. The molecule has 1 aromatic heterocycles. The fourth-order valence-corrected chi connectivity index (χ4v) is 3.35. The van der Waals surface area contributed by atoms with Crippen LogP contribution in [-0.2, 0) is 6.42 Å². The molecule has 3 aromatic rings. The maximum absolute atomic E-state index is 5.38. The Balaban J connectivity index is 1.64. The van der Waals surface area contributed by atoms with Crippen LogP contribution in [0, 0.1) is 6.92 Å². The van der Waals surface area contributed by atoms with Gasteiger partial charge in [0.2, 0.25) is 5.95 Å². The minimum Gasteiger partial charge on any atom is -0.493 e. The van der Waals surface area contributed by atoms with Crippen molar-refractivity contribution in [3.05, 3.63) is 59.8 Å². The molecule has 0 bridgehead atoms. The Morgan fingerprint density at radius 3 is 2.59 bits per heavy atom. The number of benzene rings is 2. The van der Waals surface area contributed by atoms with Gasteiger partial charge in [0.25, 0.3) is 0 Å². The molecule has 0 spiro atoms. The van der Waals surface area contributed by atoms with Crippen molar-refractivity contribution in [2.75, 3.05) is 31.0 Å². The molecule has 0 radical (unpaired) electrons. The highest BCUT2D eigenvalue weighted by Gasteiger charge is 2.22. The Morgan fingerprint density at radius 2 is 1.78 bits per heavy atom. The molecule has 4 rings (SSSR count). The molecular weight excluding hydrogens is 340 g/mol. The average molecular weight is 362 g/mol. The van der Waals surface area contributed by atoms with Crippen molar-refractivity contribution < 1.29 is 9.47 Å². The SMILES string of the molecule is COc1ccc(Nc2cc(C)nc(N3CCc4ccccc43)n2)cc1OC. The lowest BCUT2D eigenvalue weighted by atomic mass is 10.2. The number of nitrogens with zero attached hydrogens (tertiary/aromatic N) is 3. The Labute approximate surface area is 158 Å². The Bertz CT molecular complexity index is 974. The van der Waals surface area contributed by atoms with Gasteiger partial charge in [-0.1, -0.05) is 18.2 Å². The average Bonchev–Trinajstić information content (AvgIpc) is 3.11. The lowest BCUT2D eigenvalue weighted by molar-refractivity contribution is 0.355. The summed E-state index contributed by atoms with van der Waals surface area (Å²) >= 11 is 0. The molecule has 0 fully saturated rings. The number of methoxy groups -OCH3 is 2. The van der Waals surface area contributed by atoms with Gasteiger partial charge in [-0.15, -0.1) is 0 Å². The summed E-state index contributed by atoms with van der Waals surface area (Å²) in [5, 5.41) is 3.35. The largest absolute Gasteiger partial charge is 0.493 e. The van der Waals surface area contributed by atoms with Crippen molar-refractivity contribution in [1.82, 2.24) is 9.97 Å². The van der Waals surface area contributed by atoms with E-state index in [4.69, 9.17) is 14.5 Å². The molecule has 0 atom stereocenters. The van der Waals surface area contributed by atoms with Crippen LogP contribution in [0.5, 0.6) is 11.5 Å². The zero-order valence-corrected chi connectivity index (χ0v) is 15.7. The van der Waals surface area contributed by atoms with Gasteiger partial charge in [-0.05, 0) is 37.1 Å². The zero-order valence-electron chi connectivity index (χ0n) is 15.7. The van der Waals surface area contributed by atoms with E-state index in [-0.39, 0.29) is 0 Å². The maximum Gasteiger partial charge on any atom is 0.232 e. The summed E-state index contributed by atoms with van der Waals surface area (Å²) in [6.07, 6.45) is 1.01. The molecule has 0 aliphatic carbocycles. The van der Waals surface area contributed by atoms with Crippen molar-refractivity contribution in [2.45, 2.75) is 13.3 Å². The summed E-state index contributed by atoms with van der Waals surface area (Å²) in [6, 6.07) is 16.0. The molecule has 0 saturated heterocycles. The van der Waals surface area contributed by atoms with E-state index >= 15 is 0 Å². The van der Waals surface area contributed by atoms with Gasteiger partial charge >= 0.3 is 0 Å². The van der Waals surface area contributed by atoms with Crippen molar-refractivity contribution in [3.63, 3.8) is 0 Å². The van der Waals surface area contributed by atoms with Gasteiger partial charge < -0.3 is 19.7 Å². The standard InChI is InChI=1S/C21H22N4O2/c1-14-12-20(23-16-8-9-18(26-2)19(13-16)27-3)24-21(22-14)25-11-10-15-6-4-5-7-17(15)25/h4-9,12-13H,10-11H2,1-3H3,(H,22,23,24). The molecule has 1 N–H and O–H groups in total. The fourth-order valence-electron chi connectivity index (χ4n) is 3.35.